The molecule has 0 saturated heterocycles. The number of nitrogens with zero attached hydrogens (tertiary/aromatic N) is 2. The molecule has 0 saturated carbocycles. The molecule has 4 heteroatoms. The number of aromatic amines is 1. The average Bonchev–Trinajstić information content (AvgIpc) is 3.25. The van der Waals surface area contributed by atoms with Gasteiger partial charge in [-0.2, -0.15) is 0 Å². The zero-order valence-corrected chi connectivity index (χ0v) is 20.7. The van der Waals surface area contributed by atoms with E-state index in [1.54, 1.807) is 6.07 Å². The van der Waals surface area contributed by atoms with Crippen molar-refractivity contribution < 1.29 is 5.11 Å². The van der Waals surface area contributed by atoms with Gasteiger partial charge in [-0.1, -0.05) is 56.3 Å². The summed E-state index contributed by atoms with van der Waals surface area (Å²) in [5, 5.41) is 12.8. The van der Waals surface area contributed by atoms with Crippen molar-refractivity contribution in [2.24, 2.45) is 5.92 Å². The van der Waals surface area contributed by atoms with Gasteiger partial charge in [0, 0.05) is 33.6 Å². The fourth-order valence-electron chi connectivity index (χ4n) is 4.87. The van der Waals surface area contributed by atoms with E-state index in [9.17, 15) is 5.11 Å². The Hall–Kier alpha value is -3.92. The minimum absolute atomic E-state index is 0.237. The first-order chi connectivity index (χ1) is 16.8. The number of aromatic hydroxyl groups is 1. The Balaban J connectivity index is 1.74. The minimum Gasteiger partial charge on any atom is -0.507 e. The summed E-state index contributed by atoms with van der Waals surface area (Å²) in [6, 6.07) is 26.2. The molecule has 0 spiro atoms. The van der Waals surface area contributed by atoms with E-state index >= 15 is 0 Å². The number of pyridine rings is 2. The number of phenols is 1. The molecule has 3 heterocycles. The summed E-state index contributed by atoms with van der Waals surface area (Å²) in [4.78, 5) is 13.5. The first-order valence-electron chi connectivity index (χ1n) is 12.2. The van der Waals surface area contributed by atoms with E-state index in [0.29, 0.717) is 5.92 Å². The van der Waals surface area contributed by atoms with E-state index in [4.69, 9.17) is 4.98 Å². The molecule has 0 atom stereocenters. The lowest BCUT2D eigenvalue weighted by Crippen LogP contribution is -2.21. The third-order valence-electron chi connectivity index (χ3n) is 6.61. The van der Waals surface area contributed by atoms with Crippen molar-refractivity contribution in [1.82, 2.24) is 15.0 Å². The molecular weight excluding hydrogens is 430 g/mol. The molecule has 5 rings (SSSR count). The lowest BCUT2D eigenvalue weighted by molar-refractivity contribution is 0.477. The largest absolute Gasteiger partial charge is 0.507 e. The predicted octanol–water partition coefficient (Wildman–Crippen LogP) is 7.52. The zero-order valence-electron chi connectivity index (χ0n) is 20.7. The normalized spacial score (nSPS) is 11.9. The van der Waals surface area contributed by atoms with E-state index in [0.717, 1.165) is 45.8 Å². The van der Waals surface area contributed by atoms with E-state index in [1.165, 1.54) is 10.9 Å². The van der Waals surface area contributed by atoms with Gasteiger partial charge in [-0.3, -0.25) is 4.98 Å². The van der Waals surface area contributed by atoms with Gasteiger partial charge < -0.3 is 10.1 Å². The molecule has 0 radical (unpaired) electrons. The van der Waals surface area contributed by atoms with Crippen molar-refractivity contribution in [3.63, 3.8) is 0 Å². The molecule has 2 aromatic carbocycles. The van der Waals surface area contributed by atoms with Crippen molar-refractivity contribution in [3.8, 4) is 28.4 Å². The average molecular weight is 462 g/mol. The van der Waals surface area contributed by atoms with Crippen LogP contribution in [0, 0.1) is 5.92 Å². The molecule has 0 fully saturated rings. The number of H-pyrrole nitrogens is 1. The van der Waals surface area contributed by atoms with Crippen LogP contribution in [0.2, 0.25) is 0 Å². The third kappa shape index (κ3) is 4.32. The number of nitrogens with one attached hydrogen (secondary N) is 1. The first kappa shape index (κ1) is 22.9. The van der Waals surface area contributed by atoms with Crippen LogP contribution in [0.3, 0.4) is 0 Å². The van der Waals surface area contributed by atoms with Crippen LogP contribution in [0.1, 0.15) is 44.6 Å². The monoisotopic (exact) mass is 461 g/mol. The van der Waals surface area contributed by atoms with Crippen molar-refractivity contribution in [3.05, 3.63) is 102 Å². The topological polar surface area (TPSA) is 61.8 Å². The Kier molecular flexibility index (Phi) is 5.89. The molecule has 4 nitrogen and oxygen atoms in total. The van der Waals surface area contributed by atoms with Crippen molar-refractivity contribution in [2.45, 2.75) is 39.5 Å². The lowest BCUT2D eigenvalue weighted by Gasteiger charge is -2.23. The van der Waals surface area contributed by atoms with E-state index < -0.39 is 0 Å². The molecule has 176 valence electrons. The van der Waals surface area contributed by atoms with Crippen molar-refractivity contribution in [1.29, 1.82) is 0 Å². The Morgan fingerprint density at radius 2 is 1.54 bits per heavy atom. The fraction of sp³-hybridized carbons (Fsp3) is 0.226. The number of phenolic OH excluding ortho intramolecular Hbond substituents is 1. The quantitative estimate of drug-likeness (QED) is 0.275. The second-order valence-corrected chi connectivity index (χ2v) is 10.1. The van der Waals surface area contributed by atoms with Crippen LogP contribution in [0.25, 0.3) is 33.4 Å². The van der Waals surface area contributed by atoms with Gasteiger partial charge in [0.1, 0.15) is 5.75 Å². The summed E-state index contributed by atoms with van der Waals surface area (Å²) >= 11 is 0. The molecule has 0 unspecified atom stereocenters. The molecule has 0 aliphatic carbocycles. The standard InChI is InChI=1S/C31H31N3O/c1-20(2)17-21-18-25(24-13-7-8-14-27(24)35)33-26(19-21)29-22-11-5-6-12-23(22)30(34-29)31(3,4)28-15-9-10-16-32-28/h5-16,18-20,34-35H,17H2,1-4H3. The summed E-state index contributed by atoms with van der Waals surface area (Å²) in [6.07, 6.45) is 2.78. The molecule has 0 aliphatic heterocycles. The van der Waals surface area contributed by atoms with Gasteiger partial charge in [0.25, 0.3) is 0 Å². The van der Waals surface area contributed by atoms with Crippen LogP contribution in [-0.4, -0.2) is 20.1 Å². The van der Waals surface area contributed by atoms with Crippen molar-refractivity contribution >= 4 is 10.8 Å². The number of fused-ring (bicyclic) bond motifs is 1. The van der Waals surface area contributed by atoms with Gasteiger partial charge in [-0.15, -0.1) is 0 Å². The Bertz CT molecular complexity index is 1480. The second-order valence-electron chi connectivity index (χ2n) is 10.1. The third-order valence-corrected chi connectivity index (χ3v) is 6.61. The SMILES string of the molecule is CC(C)Cc1cc(-c2ccccc2O)nc(-c2[nH]c(C(C)(C)c3ccccn3)c3ccccc23)c1. The smallest absolute Gasteiger partial charge is 0.124 e. The maximum absolute atomic E-state index is 10.6. The van der Waals surface area contributed by atoms with Gasteiger partial charge in [-0.25, -0.2) is 4.98 Å². The van der Waals surface area contributed by atoms with E-state index in [2.05, 4.69) is 80.1 Å². The summed E-state index contributed by atoms with van der Waals surface area (Å²) < 4.78 is 0. The summed E-state index contributed by atoms with van der Waals surface area (Å²) in [6.45, 7) is 8.84. The summed E-state index contributed by atoms with van der Waals surface area (Å²) in [7, 11) is 0. The predicted molar refractivity (Wildman–Crippen MR) is 144 cm³/mol. The van der Waals surface area contributed by atoms with Gasteiger partial charge in [0.15, 0.2) is 0 Å². The maximum Gasteiger partial charge on any atom is 0.124 e. The van der Waals surface area contributed by atoms with E-state index in [-0.39, 0.29) is 11.2 Å². The van der Waals surface area contributed by atoms with Crippen LogP contribution in [0.5, 0.6) is 5.75 Å². The number of hydrogen-bond acceptors (Lipinski definition) is 3. The number of para-hydroxylation sites is 1. The summed E-state index contributed by atoms with van der Waals surface area (Å²) in [5.41, 5.74) is 6.38. The molecule has 5 aromatic rings. The molecular formula is C31H31N3O. The number of rotatable bonds is 6. The molecule has 3 aromatic heterocycles. The van der Waals surface area contributed by atoms with Gasteiger partial charge in [-0.05, 0) is 68.1 Å². The van der Waals surface area contributed by atoms with Gasteiger partial charge in [0.2, 0.25) is 0 Å². The van der Waals surface area contributed by atoms with Crippen LogP contribution in [0.15, 0.2) is 85.1 Å². The van der Waals surface area contributed by atoms with Crippen LogP contribution in [0.4, 0.5) is 0 Å². The van der Waals surface area contributed by atoms with Crippen LogP contribution in [-0.2, 0) is 11.8 Å². The zero-order chi connectivity index (χ0) is 24.6. The fourth-order valence-corrected chi connectivity index (χ4v) is 4.87. The number of hydrogen-bond donors (Lipinski definition) is 2. The molecule has 0 bridgehead atoms. The highest BCUT2D eigenvalue weighted by Crippen LogP contribution is 2.40. The van der Waals surface area contributed by atoms with Gasteiger partial charge in [0.05, 0.1) is 22.8 Å². The molecule has 0 amide bonds. The molecule has 35 heavy (non-hydrogen) atoms. The Labute approximate surface area is 206 Å². The Morgan fingerprint density at radius 1 is 0.857 bits per heavy atom. The summed E-state index contributed by atoms with van der Waals surface area (Å²) in [5.74, 6) is 0.738. The van der Waals surface area contributed by atoms with E-state index in [1.807, 2.05) is 36.5 Å². The van der Waals surface area contributed by atoms with Crippen molar-refractivity contribution in [2.75, 3.05) is 0 Å². The minimum atomic E-state index is -0.324. The number of aromatic nitrogens is 3. The highest BCUT2D eigenvalue weighted by atomic mass is 16.3. The van der Waals surface area contributed by atoms with Gasteiger partial charge >= 0.3 is 0 Å². The highest BCUT2D eigenvalue weighted by molar-refractivity contribution is 5.98. The Morgan fingerprint density at radius 3 is 2.26 bits per heavy atom. The number of benzene rings is 2. The maximum atomic E-state index is 10.6. The second kappa shape index (κ2) is 9.03. The van der Waals surface area contributed by atoms with Crippen LogP contribution < -0.4 is 0 Å². The van der Waals surface area contributed by atoms with Crippen LogP contribution >= 0.6 is 0 Å². The highest BCUT2D eigenvalue weighted by Gasteiger charge is 2.29. The first-order valence-corrected chi connectivity index (χ1v) is 12.2. The molecule has 0 aliphatic rings. The lowest BCUT2D eigenvalue weighted by atomic mass is 9.83. The molecule has 2 N–H and O–H groups in total.